The van der Waals surface area contributed by atoms with Crippen molar-refractivity contribution < 1.29 is 4.92 Å². The molecular formula is C12H13BrN4O4S. The van der Waals surface area contributed by atoms with Gasteiger partial charge in [-0.3, -0.25) is 19.7 Å². The predicted octanol–water partition coefficient (Wildman–Crippen LogP) is 0.907. The highest BCUT2D eigenvalue weighted by Gasteiger charge is 2.20. The lowest BCUT2D eigenvalue weighted by molar-refractivity contribution is -0.384. The lowest BCUT2D eigenvalue weighted by Gasteiger charge is -2.11. The highest BCUT2D eigenvalue weighted by Crippen LogP contribution is 2.26. The Bertz CT molecular complexity index is 828. The van der Waals surface area contributed by atoms with E-state index >= 15 is 0 Å². The molecule has 1 aromatic carbocycles. The average molecular weight is 389 g/mol. The minimum absolute atomic E-state index is 0. The van der Waals surface area contributed by atoms with E-state index in [0.717, 1.165) is 12.3 Å². The number of H-pyrrole nitrogens is 2. The molecule has 1 atom stereocenters. The topological polar surface area (TPSA) is 121 Å². The van der Waals surface area contributed by atoms with Crippen molar-refractivity contribution in [1.29, 1.82) is 0 Å². The minimum Gasteiger partial charge on any atom is -0.316 e. The van der Waals surface area contributed by atoms with E-state index in [1.807, 2.05) is 0 Å². The van der Waals surface area contributed by atoms with E-state index in [1.54, 1.807) is 11.8 Å². The first kappa shape index (κ1) is 16.7. The van der Waals surface area contributed by atoms with Gasteiger partial charge in [-0.05, 0) is 12.0 Å². The van der Waals surface area contributed by atoms with Crippen LogP contribution >= 0.6 is 28.7 Å². The van der Waals surface area contributed by atoms with Gasteiger partial charge in [0, 0.05) is 24.4 Å². The average Bonchev–Trinajstić information content (AvgIpc) is 2.93. The molecule has 3 N–H and O–H groups in total. The molecule has 2 aromatic rings. The van der Waals surface area contributed by atoms with Crippen molar-refractivity contribution in [2.24, 2.45) is 0 Å². The minimum atomic E-state index is -0.817. The quantitative estimate of drug-likeness (QED) is 0.408. The van der Waals surface area contributed by atoms with Gasteiger partial charge in [0.2, 0.25) is 0 Å². The summed E-state index contributed by atoms with van der Waals surface area (Å²) in [6, 6.07) is 2.70. The van der Waals surface area contributed by atoms with Crippen LogP contribution in [0.3, 0.4) is 0 Å². The third kappa shape index (κ3) is 3.23. The molecule has 2 heterocycles. The second-order valence-corrected chi connectivity index (χ2v) is 6.02. The first-order valence-electron chi connectivity index (χ1n) is 6.33. The van der Waals surface area contributed by atoms with Crippen LogP contribution in [0.2, 0.25) is 0 Å². The number of halogens is 1. The van der Waals surface area contributed by atoms with Gasteiger partial charge in [-0.1, -0.05) is 0 Å². The van der Waals surface area contributed by atoms with Crippen molar-refractivity contribution >= 4 is 45.5 Å². The molecule has 1 fully saturated rings. The molecule has 10 heteroatoms. The number of nitrogens with zero attached hydrogens (tertiary/aromatic N) is 1. The normalized spacial score (nSPS) is 17.4. The van der Waals surface area contributed by atoms with Crippen molar-refractivity contribution in [1.82, 2.24) is 15.3 Å². The van der Waals surface area contributed by atoms with E-state index < -0.39 is 16.0 Å². The fourth-order valence-corrected chi connectivity index (χ4v) is 3.41. The Morgan fingerprint density at radius 1 is 1.27 bits per heavy atom. The molecule has 0 spiro atoms. The number of thioether (sulfide) groups is 1. The van der Waals surface area contributed by atoms with Gasteiger partial charge in [0.15, 0.2) is 0 Å². The fraction of sp³-hybridized carbons (Fsp3) is 0.333. The smallest absolute Gasteiger partial charge is 0.314 e. The van der Waals surface area contributed by atoms with Crippen LogP contribution in [-0.4, -0.2) is 32.6 Å². The number of aromatic amines is 2. The number of fused-ring (bicyclic) bond motifs is 1. The number of nitro groups is 1. The highest BCUT2D eigenvalue weighted by molar-refractivity contribution is 8.93. The molecular weight excluding hydrogens is 376 g/mol. The van der Waals surface area contributed by atoms with Gasteiger partial charge in [-0.25, -0.2) is 0 Å². The highest BCUT2D eigenvalue weighted by atomic mass is 79.9. The van der Waals surface area contributed by atoms with Gasteiger partial charge >= 0.3 is 11.1 Å². The molecule has 0 aliphatic carbocycles. The van der Waals surface area contributed by atoms with Gasteiger partial charge in [-0.2, -0.15) is 0 Å². The molecule has 1 aromatic heterocycles. The van der Waals surface area contributed by atoms with Crippen molar-refractivity contribution in [3.63, 3.8) is 0 Å². The van der Waals surface area contributed by atoms with Crippen LogP contribution in [-0.2, 0) is 6.42 Å². The molecule has 0 saturated carbocycles. The molecule has 1 aliphatic rings. The lowest BCUT2D eigenvalue weighted by Crippen LogP contribution is -2.29. The first-order valence-corrected chi connectivity index (χ1v) is 7.38. The van der Waals surface area contributed by atoms with Gasteiger partial charge in [0.1, 0.15) is 0 Å². The molecule has 8 nitrogen and oxygen atoms in total. The van der Waals surface area contributed by atoms with E-state index in [9.17, 15) is 19.7 Å². The van der Waals surface area contributed by atoms with Crippen LogP contribution in [0.5, 0.6) is 0 Å². The van der Waals surface area contributed by atoms with E-state index in [2.05, 4.69) is 15.3 Å². The molecule has 0 radical (unpaired) electrons. The molecule has 3 rings (SSSR count). The van der Waals surface area contributed by atoms with Crippen molar-refractivity contribution in [3.8, 4) is 0 Å². The predicted molar refractivity (Wildman–Crippen MR) is 90.1 cm³/mol. The third-order valence-electron chi connectivity index (χ3n) is 3.31. The zero-order valence-electron chi connectivity index (χ0n) is 11.3. The number of nitrogens with one attached hydrogen (secondary N) is 3. The SMILES string of the molecule is Br.O=c1[nH]c2cc([N+](=O)[O-])cc(CC3NCCS3)c2[nH]c1=O. The van der Waals surface area contributed by atoms with Crippen LogP contribution in [0.25, 0.3) is 11.0 Å². The van der Waals surface area contributed by atoms with Crippen molar-refractivity contribution in [2.75, 3.05) is 12.3 Å². The summed E-state index contributed by atoms with van der Waals surface area (Å²) in [4.78, 5) is 38.3. The number of benzene rings is 1. The Hall–Kier alpha value is -1.65. The van der Waals surface area contributed by atoms with E-state index in [4.69, 9.17) is 0 Å². The summed E-state index contributed by atoms with van der Waals surface area (Å²) in [7, 11) is 0. The van der Waals surface area contributed by atoms with Crippen LogP contribution in [0.4, 0.5) is 5.69 Å². The van der Waals surface area contributed by atoms with Gasteiger partial charge < -0.3 is 15.3 Å². The standard InChI is InChI=1S/C12H12N4O4S.BrH/c17-11-12(18)15-10-6(4-9-13-1-2-21-9)3-7(16(19)20)5-8(10)14-11;/h3,5,9,13H,1-2,4H2,(H,14,17)(H,15,18);1H. The fourth-order valence-electron chi connectivity index (χ4n) is 2.36. The Balaban J connectivity index is 0.00000176. The van der Waals surface area contributed by atoms with Gasteiger partial charge in [0.05, 0.1) is 21.3 Å². The van der Waals surface area contributed by atoms with Gasteiger partial charge in [-0.15, -0.1) is 28.7 Å². The summed E-state index contributed by atoms with van der Waals surface area (Å²) in [5, 5.41) is 14.4. The lowest BCUT2D eigenvalue weighted by atomic mass is 10.1. The number of nitro benzene ring substituents is 1. The van der Waals surface area contributed by atoms with Crippen LogP contribution in [0, 0.1) is 10.1 Å². The second kappa shape index (κ2) is 6.63. The van der Waals surface area contributed by atoms with Gasteiger partial charge in [0.25, 0.3) is 5.69 Å². The number of non-ortho nitro benzene ring substituents is 1. The molecule has 22 heavy (non-hydrogen) atoms. The summed E-state index contributed by atoms with van der Waals surface area (Å²) in [6.07, 6.45) is 0.533. The Morgan fingerprint density at radius 2 is 2.00 bits per heavy atom. The largest absolute Gasteiger partial charge is 0.316 e. The van der Waals surface area contributed by atoms with E-state index in [-0.39, 0.29) is 33.6 Å². The number of rotatable bonds is 3. The Labute approximate surface area is 138 Å². The van der Waals surface area contributed by atoms with Crippen LogP contribution < -0.4 is 16.4 Å². The van der Waals surface area contributed by atoms with Crippen LogP contribution in [0.1, 0.15) is 5.56 Å². The summed E-state index contributed by atoms with van der Waals surface area (Å²) >= 11 is 1.72. The van der Waals surface area contributed by atoms with Crippen molar-refractivity contribution in [2.45, 2.75) is 11.8 Å². The summed E-state index contributed by atoms with van der Waals surface area (Å²) in [5.74, 6) is 0.977. The summed E-state index contributed by atoms with van der Waals surface area (Å²) in [5.41, 5.74) is -0.333. The monoisotopic (exact) mass is 388 g/mol. The van der Waals surface area contributed by atoms with Crippen LogP contribution in [0.15, 0.2) is 21.7 Å². The Morgan fingerprint density at radius 3 is 2.64 bits per heavy atom. The number of aromatic nitrogens is 2. The molecule has 0 amide bonds. The summed E-state index contributed by atoms with van der Waals surface area (Å²) in [6.45, 7) is 0.884. The number of hydrogen-bond donors (Lipinski definition) is 3. The molecule has 0 bridgehead atoms. The maximum atomic E-state index is 11.5. The maximum absolute atomic E-state index is 11.5. The molecule has 118 valence electrons. The first-order chi connectivity index (χ1) is 10.0. The Kier molecular flexibility index (Phi) is 5.04. The third-order valence-corrected chi connectivity index (χ3v) is 4.48. The zero-order valence-corrected chi connectivity index (χ0v) is 13.8. The van der Waals surface area contributed by atoms with E-state index in [1.165, 1.54) is 12.1 Å². The number of hydrogen-bond acceptors (Lipinski definition) is 6. The zero-order chi connectivity index (χ0) is 15.0. The summed E-state index contributed by atoms with van der Waals surface area (Å²) < 4.78 is 0. The maximum Gasteiger partial charge on any atom is 0.314 e. The van der Waals surface area contributed by atoms with Crippen molar-refractivity contribution in [3.05, 3.63) is 48.5 Å². The van der Waals surface area contributed by atoms with E-state index in [0.29, 0.717) is 17.5 Å². The molecule has 1 unspecified atom stereocenters. The molecule has 1 aliphatic heterocycles. The second-order valence-electron chi connectivity index (χ2n) is 4.71. The molecule has 1 saturated heterocycles.